The van der Waals surface area contributed by atoms with Crippen molar-refractivity contribution in [1.82, 2.24) is 4.90 Å². The van der Waals surface area contributed by atoms with Crippen molar-refractivity contribution in [1.29, 1.82) is 0 Å². The lowest BCUT2D eigenvalue weighted by atomic mass is 9.85. The molecule has 3 rings (SSSR count). The minimum Gasteiger partial charge on any atom is -0.478 e. The Morgan fingerprint density at radius 2 is 1.95 bits per heavy atom. The standard InChI is InChI=1S/C16H21NO2/c1-11-4-2-3-5-15(11)17-9-13-7-6-12(16(18)19)8-14(13)10-17/h6-8,11,15H,2-5,9-10H2,1H3,(H,18,19). The Kier molecular flexibility index (Phi) is 3.31. The third-order valence-electron chi connectivity index (χ3n) is 4.74. The molecule has 0 aromatic heterocycles. The Balaban J connectivity index is 1.78. The number of hydrogen-bond acceptors (Lipinski definition) is 2. The van der Waals surface area contributed by atoms with Crippen LogP contribution in [0.3, 0.4) is 0 Å². The van der Waals surface area contributed by atoms with Crippen LogP contribution in [0.5, 0.6) is 0 Å². The molecule has 1 aromatic rings. The maximum Gasteiger partial charge on any atom is 0.335 e. The fourth-order valence-electron chi connectivity index (χ4n) is 3.63. The minimum atomic E-state index is -0.827. The number of benzene rings is 1. The van der Waals surface area contributed by atoms with Crippen LogP contribution >= 0.6 is 0 Å². The van der Waals surface area contributed by atoms with E-state index in [9.17, 15) is 4.79 Å². The van der Waals surface area contributed by atoms with Gasteiger partial charge in [0.05, 0.1) is 5.56 Å². The zero-order valence-corrected chi connectivity index (χ0v) is 11.4. The molecule has 3 heteroatoms. The topological polar surface area (TPSA) is 40.5 Å². The Bertz CT molecular complexity index is 498. The average molecular weight is 259 g/mol. The number of hydrogen-bond donors (Lipinski definition) is 1. The van der Waals surface area contributed by atoms with Crippen molar-refractivity contribution < 1.29 is 9.90 Å². The Hall–Kier alpha value is -1.35. The van der Waals surface area contributed by atoms with Crippen LogP contribution in [0.2, 0.25) is 0 Å². The zero-order valence-electron chi connectivity index (χ0n) is 11.4. The molecule has 0 radical (unpaired) electrons. The maximum atomic E-state index is 11.0. The molecule has 0 saturated heterocycles. The van der Waals surface area contributed by atoms with Gasteiger partial charge in [0, 0.05) is 19.1 Å². The van der Waals surface area contributed by atoms with Crippen LogP contribution in [0.1, 0.15) is 54.1 Å². The van der Waals surface area contributed by atoms with Crippen LogP contribution in [-0.4, -0.2) is 22.0 Å². The molecule has 0 spiro atoms. The molecule has 1 fully saturated rings. The van der Waals surface area contributed by atoms with Gasteiger partial charge < -0.3 is 5.11 Å². The van der Waals surface area contributed by atoms with Crippen molar-refractivity contribution >= 4 is 5.97 Å². The SMILES string of the molecule is CC1CCCCC1N1Cc2ccc(C(=O)O)cc2C1. The summed E-state index contributed by atoms with van der Waals surface area (Å²) in [6, 6.07) is 6.25. The van der Waals surface area contributed by atoms with E-state index in [2.05, 4.69) is 11.8 Å². The molecule has 2 unspecified atom stereocenters. The highest BCUT2D eigenvalue weighted by atomic mass is 16.4. The predicted molar refractivity (Wildman–Crippen MR) is 74.1 cm³/mol. The summed E-state index contributed by atoms with van der Waals surface area (Å²) in [5, 5.41) is 9.06. The monoisotopic (exact) mass is 259 g/mol. The quantitative estimate of drug-likeness (QED) is 0.886. The van der Waals surface area contributed by atoms with Crippen LogP contribution in [-0.2, 0) is 13.1 Å². The lowest BCUT2D eigenvalue weighted by Crippen LogP contribution is -2.38. The normalized spacial score (nSPS) is 27.2. The van der Waals surface area contributed by atoms with E-state index in [1.165, 1.54) is 36.8 Å². The average Bonchev–Trinajstić information content (AvgIpc) is 2.81. The van der Waals surface area contributed by atoms with Gasteiger partial charge in [0.1, 0.15) is 0 Å². The number of carbonyl (C=O) groups is 1. The largest absolute Gasteiger partial charge is 0.478 e. The Morgan fingerprint density at radius 3 is 2.68 bits per heavy atom. The van der Waals surface area contributed by atoms with E-state index in [4.69, 9.17) is 5.11 Å². The van der Waals surface area contributed by atoms with Gasteiger partial charge in [-0.3, -0.25) is 4.90 Å². The molecule has 1 aliphatic heterocycles. The lowest BCUT2D eigenvalue weighted by molar-refractivity contribution is 0.0696. The minimum absolute atomic E-state index is 0.414. The number of fused-ring (bicyclic) bond motifs is 1. The van der Waals surface area contributed by atoms with Crippen LogP contribution in [0.25, 0.3) is 0 Å². The molecule has 1 N–H and O–H groups in total. The first-order chi connectivity index (χ1) is 9.15. The van der Waals surface area contributed by atoms with Crippen molar-refractivity contribution in [2.45, 2.75) is 51.7 Å². The number of nitrogens with zero attached hydrogens (tertiary/aromatic N) is 1. The Labute approximate surface area is 114 Å². The summed E-state index contributed by atoms with van der Waals surface area (Å²) in [5.41, 5.74) is 2.93. The Morgan fingerprint density at radius 1 is 1.21 bits per heavy atom. The summed E-state index contributed by atoms with van der Waals surface area (Å²) in [5.74, 6) is -0.0608. The smallest absolute Gasteiger partial charge is 0.335 e. The van der Waals surface area contributed by atoms with Gasteiger partial charge in [-0.05, 0) is 42.0 Å². The van der Waals surface area contributed by atoms with Crippen LogP contribution in [0.4, 0.5) is 0 Å². The van der Waals surface area contributed by atoms with Crippen LogP contribution in [0, 0.1) is 5.92 Å². The first-order valence-corrected chi connectivity index (χ1v) is 7.24. The second kappa shape index (κ2) is 4.97. The van der Waals surface area contributed by atoms with E-state index < -0.39 is 5.97 Å². The predicted octanol–water partition coefficient (Wildman–Crippen LogP) is 3.28. The third-order valence-corrected chi connectivity index (χ3v) is 4.74. The molecule has 102 valence electrons. The van der Waals surface area contributed by atoms with Gasteiger partial charge in [0.2, 0.25) is 0 Å². The van der Waals surface area contributed by atoms with Crippen LogP contribution < -0.4 is 0 Å². The van der Waals surface area contributed by atoms with Gasteiger partial charge in [-0.25, -0.2) is 4.79 Å². The summed E-state index contributed by atoms with van der Waals surface area (Å²) in [7, 11) is 0. The number of aromatic carboxylic acids is 1. The fraction of sp³-hybridized carbons (Fsp3) is 0.562. The van der Waals surface area contributed by atoms with E-state index in [0.717, 1.165) is 19.0 Å². The van der Waals surface area contributed by atoms with Gasteiger partial charge in [-0.15, -0.1) is 0 Å². The molecule has 1 saturated carbocycles. The van der Waals surface area contributed by atoms with Crippen molar-refractivity contribution in [2.24, 2.45) is 5.92 Å². The van der Waals surface area contributed by atoms with Crippen molar-refractivity contribution in [3.05, 3.63) is 34.9 Å². The highest BCUT2D eigenvalue weighted by Gasteiger charge is 2.31. The maximum absolute atomic E-state index is 11.0. The number of carboxylic acids is 1. The summed E-state index contributed by atoms with van der Waals surface area (Å²) >= 11 is 0. The van der Waals surface area contributed by atoms with E-state index in [1.54, 1.807) is 6.07 Å². The highest BCUT2D eigenvalue weighted by molar-refractivity contribution is 5.87. The van der Waals surface area contributed by atoms with E-state index in [0.29, 0.717) is 11.6 Å². The van der Waals surface area contributed by atoms with Crippen molar-refractivity contribution in [3.63, 3.8) is 0 Å². The molecular weight excluding hydrogens is 238 g/mol. The molecule has 2 aliphatic rings. The molecule has 1 aliphatic carbocycles. The van der Waals surface area contributed by atoms with Gasteiger partial charge in [0.25, 0.3) is 0 Å². The molecule has 2 atom stereocenters. The number of carboxylic acid groups (broad SMARTS) is 1. The van der Waals surface area contributed by atoms with Gasteiger partial charge in [-0.2, -0.15) is 0 Å². The number of rotatable bonds is 2. The van der Waals surface area contributed by atoms with Crippen molar-refractivity contribution in [3.8, 4) is 0 Å². The summed E-state index contributed by atoms with van der Waals surface area (Å²) < 4.78 is 0. The summed E-state index contributed by atoms with van der Waals surface area (Å²) in [4.78, 5) is 13.6. The van der Waals surface area contributed by atoms with Gasteiger partial charge >= 0.3 is 5.97 Å². The second-order valence-electron chi connectivity index (χ2n) is 6.02. The van der Waals surface area contributed by atoms with E-state index in [-0.39, 0.29) is 0 Å². The third kappa shape index (κ3) is 2.39. The zero-order chi connectivity index (χ0) is 13.4. The van der Waals surface area contributed by atoms with Crippen molar-refractivity contribution in [2.75, 3.05) is 0 Å². The van der Waals surface area contributed by atoms with Gasteiger partial charge in [-0.1, -0.05) is 25.8 Å². The van der Waals surface area contributed by atoms with E-state index in [1.807, 2.05) is 12.1 Å². The second-order valence-corrected chi connectivity index (χ2v) is 6.02. The highest BCUT2D eigenvalue weighted by Crippen LogP contribution is 2.34. The van der Waals surface area contributed by atoms with Crippen LogP contribution in [0.15, 0.2) is 18.2 Å². The molecular formula is C16H21NO2. The van der Waals surface area contributed by atoms with Gasteiger partial charge in [0.15, 0.2) is 0 Å². The fourth-order valence-corrected chi connectivity index (χ4v) is 3.63. The summed E-state index contributed by atoms with van der Waals surface area (Å²) in [6.07, 6.45) is 5.32. The first-order valence-electron chi connectivity index (χ1n) is 7.24. The molecule has 0 bridgehead atoms. The molecule has 1 heterocycles. The molecule has 3 nitrogen and oxygen atoms in total. The molecule has 0 amide bonds. The lowest BCUT2D eigenvalue weighted by Gasteiger charge is -2.36. The summed E-state index contributed by atoms with van der Waals surface area (Å²) in [6.45, 7) is 4.27. The van der Waals surface area contributed by atoms with E-state index >= 15 is 0 Å². The first kappa shape index (κ1) is 12.7. The molecule has 1 aromatic carbocycles. The molecule has 19 heavy (non-hydrogen) atoms.